The van der Waals surface area contributed by atoms with Gasteiger partial charge in [-0.1, -0.05) is 35.9 Å². The van der Waals surface area contributed by atoms with Crippen LogP contribution in [0.2, 0.25) is 5.02 Å². The van der Waals surface area contributed by atoms with E-state index in [2.05, 4.69) is 5.32 Å². The van der Waals surface area contributed by atoms with E-state index >= 15 is 0 Å². The summed E-state index contributed by atoms with van der Waals surface area (Å²) in [6.45, 7) is 0.911. The summed E-state index contributed by atoms with van der Waals surface area (Å²) >= 11 is 6.02. The molecule has 2 aromatic carbocycles. The van der Waals surface area contributed by atoms with Crippen LogP contribution in [0, 0.1) is 0 Å². The summed E-state index contributed by atoms with van der Waals surface area (Å²) in [5.41, 5.74) is 8.61. The summed E-state index contributed by atoms with van der Waals surface area (Å²) < 4.78 is 5.14. The first-order chi connectivity index (χ1) is 10.1. The number of ether oxygens (including phenoxy) is 1. The van der Waals surface area contributed by atoms with E-state index in [0.29, 0.717) is 29.4 Å². The van der Waals surface area contributed by atoms with Crippen molar-refractivity contribution in [1.82, 2.24) is 5.32 Å². The monoisotopic (exact) mass is 304 g/mol. The zero-order valence-corrected chi connectivity index (χ0v) is 12.5. The van der Waals surface area contributed by atoms with E-state index in [1.165, 1.54) is 0 Å². The SMILES string of the molecule is COCc1ccccc1CNC(=O)c1cc(N)ccc1Cl. The van der Waals surface area contributed by atoms with Crippen molar-refractivity contribution in [1.29, 1.82) is 0 Å². The van der Waals surface area contributed by atoms with Gasteiger partial charge in [0.1, 0.15) is 0 Å². The number of hydrogen-bond donors (Lipinski definition) is 2. The molecule has 0 bridgehead atoms. The fourth-order valence-electron chi connectivity index (χ4n) is 2.01. The molecule has 0 aliphatic heterocycles. The second kappa shape index (κ2) is 7.11. The van der Waals surface area contributed by atoms with Crippen LogP contribution in [0.4, 0.5) is 5.69 Å². The van der Waals surface area contributed by atoms with E-state index in [1.54, 1.807) is 25.3 Å². The number of nitrogen functional groups attached to an aromatic ring is 1. The molecule has 0 saturated carbocycles. The second-order valence-corrected chi connectivity index (χ2v) is 5.03. The summed E-state index contributed by atoms with van der Waals surface area (Å²) in [4.78, 5) is 12.2. The number of halogens is 1. The van der Waals surface area contributed by atoms with Gasteiger partial charge >= 0.3 is 0 Å². The number of hydrogen-bond acceptors (Lipinski definition) is 3. The zero-order valence-electron chi connectivity index (χ0n) is 11.7. The Morgan fingerprint density at radius 3 is 2.67 bits per heavy atom. The normalized spacial score (nSPS) is 10.4. The third kappa shape index (κ3) is 3.97. The largest absolute Gasteiger partial charge is 0.399 e. The number of nitrogens with two attached hydrogens (primary N) is 1. The third-order valence-corrected chi connectivity index (χ3v) is 3.42. The quantitative estimate of drug-likeness (QED) is 0.835. The van der Waals surface area contributed by atoms with Crippen molar-refractivity contribution in [2.75, 3.05) is 12.8 Å². The molecular weight excluding hydrogens is 288 g/mol. The molecule has 2 aromatic rings. The lowest BCUT2D eigenvalue weighted by Gasteiger charge is -2.11. The molecule has 0 unspecified atom stereocenters. The van der Waals surface area contributed by atoms with Crippen molar-refractivity contribution in [2.24, 2.45) is 0 Å². The minimum atomic E-state index is -0.250. The predicted octanol–water partition coefficient (Wildman–Crippen LogP) is 3.00. The van der Waals surface area contributed by atoms with E-state index in [0.717, 1.165) is 11.1 Å². The van der Waals surface area contributed by atoms with E-state index in [9.17, 15) is 4.79 Å². The Hall–Kier alpha value is -2.04. The summed E-state index contributed by atoms with van der Waals surface area (Å²) in [5.74, 6) is -0.250. The van der Waals surface area contributed by atoms with Crippen LogP contribution < -0.4 is 11.1 Å². The highest BCUT2D eigenvalue weighted by molar-refractivity contribution is 6.34. The number of carbonyl (C=O) groups excluding carboxylic acids is 1. The standard InChI is InChI=1S/C16H17ClN2O2/c1-21-10-12-5-3-2-4-11(12)9-19-16(20)14-8-13(18)6-7-15(14)17/h2-8H,9-10,18H2,1H3,(H,19,20). The average molecular weight is 305 g/mol. The predicted molar refractivity (Wildman–Crippen MR) is 84.2 cm³/mol. The highest BCUT2D eigenvalue weighted by Crippen LogP contribution is 2.19. The van der Waals surface area contributed by atoms with Crippen molar-refractivity contribution >= 4 is 23.2 Å². The summed E-state index contributed by atoms with van der Waals surface area (Å²) in [5, 5.41) is 3.23. The third-order valence-electron chi connectivity index (χ3n) is 3.09. The molecule has 1 amide bonds. The van der Waals surface area contributed by atoms with Gasteiger partial charge in [0.05, 0.1) is 17.2 Å². The van der Waals surface area contributed by atoms with Crippen molar-refractivity contribution in [2.45, 2.75) is 13.2 Å². The Labute approximate surface area is 128 Å². The minimum Gasteiger partial charge on any atom is -0.399 e. The van der Waals surface area contributed by atoms with E-state index < -0.39 is 0 Å². The van der Waals surface area contributed by atoms with Gasteiger partial charge in [0.25, 0.3) is 5.91 Å². The number of benzene rings is 2. The molecule has 21 heavy (non-hydrogen) atoms. The zero-order chi connectivity index (χ0) is 15.2. The van der Waals surface area contributed by atoms with Gasteiger partial charge in [0.15, 0.2) is 0 Å². The van der Waals surface area contributed by atoms with E-state index in [1.807, 2.05) is 24.3 Å². The minimum absolute atomic E-state index is 0.250. The molecule has 0 aromatic heterocycles. The van der Waals surface area contributed by atoms with E-state index in [4.69, 9.17) is 22.1 Å². The second-order valence-electron chi connectivity index (χ2n) is 4.62. The van der Waals surface area contributed by atoms with Crippen molar-refractivity contribution in [3.05, 3.63) is 64.2 Å². The van der Waals surface area contributed by atoms with Gasteiger partial charge in [-0.05, 0) is 29.3 Å². The topological polar surface area (TPSA) is 64.3 Å². The van der Waals surface area contributed by atoms with Gasteiger partial charge in [-0.25, -0.2) is 0 Å². The van der Waals surface area contributed by atoms with Crippen LogP contribution in [0.5, 0.6) is 0 Å². The van der Waals surface area contributed by atoms with Crippen LogP contribution in [0.15, 0.2) is 42.5 Å². The highest BCUT2D eigenvalue weighted by Gasteiger charge is 2.11. The first kappa shape index (κ1) is 15.4. The molecule has 0 aliphatic carbocycles. The Morgan fingerprint density at radius 1 is 1.24 bits per heavy atom. The van der Waals surface area contributed by atoms with Gasteiger partial charge in [0, 0.05) is 19.3 Å². The van der Waals surface area contributed by atoms with Crippen molar-refractivity contribution in [3.63, 3.8) is 0 Å². The van der Waals surface area contributed by atoms with Gasteiger partial charge in [-0.2, -0.15) is 0 Å². The lowest BCUT2D eigenvalue weighted by atomic mass is 10.1. The molecule has 3 N–H and O–H groups in total. The van der Waals surface area contributed by atoms with Gasteiger partial charge in [0.2, 0.25) is 0 Å². The van der Waals surface area contributed by atoms with Crippen LogP contribution in [-0.2, 0) is 17.9 Å². The van der Waals surface area contributed by atoms with Crippen molar-refractivity contribution in [3.8, 4) is 0 Å². The summed E-state index contributed by atoms with van der Waals surface area (Å²) in [6.07, 6.45) is 0. The molecule has 0 aliphatic rings. The number of carbonyl (C=O) groups is 1. The number of rotatable bonds is 5. The number of methoxy groups -OCH3 is 1. The Kier molecular flexibility index (Phi) is 5.20. The molecule has 110 valence electrons. The summed E-state index contributed by atoms with van der Waals surface area (Å²) in [7, 11) is 1.64. The maximum atomic E-state index is 12.2. The summed E-state index contributed by atoms with van der Waals surface area (Å²) in [6, 6.07) is 12.6. The molecule has 5 heteroatoms. The number of amides is 1. The van der Waals surface area contributed by atoms with Crippen LogP contribution >= 0.6 is 11.6 Å². The van der Waals surface area contributed by atoms with Crippen LogP contribution in [0.3, 0.4) is 0 Å². The molecule has 4 nitrogen and oxygen atoms in total. The first-order valence-electron chi connectivity index (χ1n) is 6.50. The van der Waals surface area contributed by atoms with E-state index in [-0.39, 0.29) is 5.91 Å². The Morgan fingerprint density at radius 2 is 1.95 bits per heavy atom. The Bertz CT molecular complexity index is 644. The molecule has 0 heterocycles. The molecule has 0 atom stereocenters. The van der Waals surface area contributed by atoms with Crippen LogP contribution in [-0.4, -0.2) is 13.0 Å². The maximum absolute atomic E-state index is 12.2. The lowest BCUT2D eigenvalue weighted by molar-refractivity contribution is 0.0950. The smallest absolute Gasteiger partial charge is 0.253 e. The number of anilines is 1. The highest BCUT2D eigenvalue weighted by atomic mass is 35.5. The molecule has 0 fully saturated rings. The first-order valence-corrected chi connectivity index (χ1v) is 6.88. The van der Waals surface area contributed by atoms with Gasteiger partial charge in [-0.15, -0.1) is 0 Å². The van der Waals surface area contributed by atoms with Crippen LogP contribution in [0.25, 0.3) is 0 Å². The maximum Gasteiger partial charge on any atom is 0.253 e. The number of nitrogens with one attached hydrogen (secondary N) is 1. The molecule has 0 spiro atoms. The molecule has 2 rings (SSSR count). The molecule has 0 radical (unpaired) electrons. The molecule has 0 saturated heterocycles. The average Bonchev–Trinajstić information content (AvgIpc) is 2.49. The molecular formula is C16H17ClN2O2. The van der Waals surface area contributed by atoms with Gasteiger partial charge < -0.3 is 15.8 Å². The van der Waals surface area contributed by atoms with Crippen molar-refractivity contribution < 1.29 is 9.53 Å². The lowest BCUT2D eigenvalue weighted by Crippen LogP contribution is -2.24. The fourth-order valence-corrected chi connectivity index (χ4v) is 2.22. The van der Waals surface area contributed by atoms with Gasteiger partial charge in [-0.3, -0.25) is 4.79 Å². The fraction of sp³-hybridized carbons (Fsp3) is 0.188. The Balaban J connectivity index is 2.09. The van der Waals surface area contributed by atoms with Crippen LogP contribution in [0.1, 0.15) is 21.5 Å².